The fourth-order valence-corrected chi connectivity index (χ4v) is 2.22. The Kier molecular flexibility index (Phi) is 4.89. The molecule has 0 radical (unpaired) electrons. The van der Waals surface area contributed by atoms with Crippen LogP contribution in [0.4, 0.5) is 10.1 Å². The highest BCUT2D eigenvalue weighted by Crippen LogP contribution is 2.30. The van der Waals surface area contributed by atoms with Gasteiger partial charge in [-0.25, -0.2) is 4.39 Å². The summed E-state index contributed by atoms with van der Waals surface area (Å²) in [5.74, 6) is 0.0101. The van der Waals surface area contributed by atoms with E-state index in [0.29, 0.717) is 0 Å². The first kappa shape index (κ1) is 16.2. The summed E-state index contributed by atoms with van der Waals surface area (Å²) in [7, 11) is 0. The number of oxime groups is 1. The van der Waals surface area contributed by atoms with E-state index in [1.165, 1.54) is 12.1 Å². The van der Waals surface area contributed by atoms with Gasteiger partial charge in [-0.15, -0.1) is 0 Å². The number of hydrogen-bond donors (Lipinski definition) is 1. The first-order valence-corrected chi connectivity index (χ1v) is 7.94. The maximum atomic E-state index is 12.8. The van der Waals surface area contributed by atoms with Crippen LogP contribution in [0.5, 0.6) is 0 Å². The summed E-state index contributed by atoms with van der Waals surface area (Å²) in [5.41, 5.74) is 3.29. The number of amides is 1. The Morgan fingerprint density at radius 3 is 2.46 bits per heavy atom. The summed E-state index contributed by atoms with van der Waals surface area (Å²) in [5, 5.41) is 6.98. The summed E-state index contributed by atoms with van der Waals surface area (Å²) in [4.78, 5) is 17.0. The van der Waals surface area contributed by atoms with Crippen molar-refractivity contribution in [1.29, 1.82) is 0 Å². The van der Waals surface area contributed by atoms with Gasteiger partial charge in [-0.2, -0.15) is 0 Å². The Morgan fingerprint density at radius 2 is 1.83 bits per heavy atom. The highest BCUT2D eigenvalue weighted by molar-refractivity contribution is 5.99. The smallest absolute Gasteiger partial charge is 0.227 e. The van der Waals surface area contributed by atoms with Crippen molar-refractivity contribution in [3.8, 4) is 0 Å². The van der Waals surface area contributed by atoms with Crippen molar-refractivity contribution in [2.75, 3.05) is 5.32 Å². The summed E-state index contributed by atoms with van der Waals surface area (Å²) in [6.45, 7) is 2.13. The molecule has 0 aliphatic heterocycles. The zero-order valence-corrected chi connectivity index (χ0v) is 13.5. The molecule has 1 aliphatic rings. The second kappa shape index (κ2) is 7.25. The van der Waals surface area contributed by atoms with Crippen LogP contribution in [0.2, 0.25) is 0 Å². The topological polar surface area (TPSA) is 50.7 Å². The second-order valence-electron chi connectivity index (χ2n) is 5.92. The molecule has 0 heterocycles. The molecule has 0 aromatic heterocycles. The minimum Gasteiger partial charge on any atom is -0.391 e. The van der Waals surface area contributed by atoms with Gasteiger partial charge in [0, 0.05) is 11.6 Å². The minimum atomic E-state index is -0.271. The fraction of sp³-hybridized carbons (Fsp3) is 0.263. The molecule has 1 N–H and O–H groups in total. The van der Waals surface area contributed by atoms with Crippen LogP contribution in [0.3, 0.4) is 0 Å². The summed E-state index contributed by atoms with van der Waals surface area (Å²) in [6, 6.07) is 13.6. The number of nitrogens with one attached hydrogen (secondary N) is 1. The van der Waals surface area contributed by atoms with E-state index in [2.05, 4.69) is 10.5 Å². The van der Waals surface area contributed by atoms with Crippen LogP contribution in [0.15, 0.2) is 53.7 Å². The summed E-state index contributed by atoms with van der Waals surface area (Å²) < 4.78 is 12.8. The zero-order chi connectivity index (χ0) is 16.9. The van der Waals surface area contributed by atoms with Crippen molar-refractivity contribution in [2.24, 2.45) is 11.1 Å². The molecule has 3 rings (SSSR count). The molecule has 2 aromatic carbocycles. The first-order valence-electron chi connectivity index (χ1n) is 7.94. The van der Waals surface area contributed by atoms with E-state index in [1.54, 1.807) is 12.1 Å². The Bertz CT molecular complexity index is 735. The Hall–Kier alpha value is -2.69. The molecular weight excluding hydrogens is 307 g/mol. The SMILES string of the molecule is CC(=NOCc1ccc(F)cc1)c1ccc(NC(=O)C2CC2)cc1. The maximum Gasteiger partial charge on any atom is 0.227 e. The van der Waals surface area contributed by atoms with E-state index in [9.17, 15) is 9.18 Å². The van der Waals surface area contributed by atoms with E-state index in [-0.39, 0.29) is 24.2 Å². The lowest BCUT2D eigenvalue weighted by atomic mass is 10.1. The maximum absolute atomic E-state index is 12.8. The van der Waals surface area contributed by atoms with Crippen molar-refractivity contribution in [2.45, 2.75) is 26.4 Å². The minimum absolute atomic E-state index is 0.0933. The van der Waals surface area contributed by atoms with Crippen molar-refractivity contribution in [1.82, 2.24) is 0 Å². The third-order valence-electron chi connectivity index (χ3n) is 3.86. The predicted molar refractivity (Wildman–Crippen MR) is 91.2 cm³/mol. The number of halogens is 1. The second-order valence-corrected chi connectivity index (χ2v) is 5.92. The van der Waals surface area contributed by atoms with Gasteiger partial charge in [0.2, 0.25) is 5.91 Å². The molecule has 1 aliphatic carbocycles. The Labute approximate surface area is 140 Å². The van der Waals surface area contributed by atoms with Gasteiger partial charge >= 0.3 is 0 Å². The molecule has 0 saturated heterocycles. The first-order chi connectivity index (χ1) is 11.6. The van der Waals surface area contributed by atoms with Gasteiger partial charge < -0.3 is 10.2 Å². The van der Waals surface area contributed by atoms with Gasteiger partial charge in [0.1, 0.15) is 12.4 Å². The quantitative estimate of drug-likeness (QED) is 0.641. The van der Waals surface area contributed by atoms with E-state index >= 15 is 0 Å². The van der Waals surface area contributed by atoms with Crippen LogP contribution in [0.1, 0.15) is 30.9 Å². The monoisotopic (exact) mass is 326 g/mol. The van der Waals surface area contributed by atoms with Crippen LogP contribution in [-0.2, 0) is 16.2 Å². The molecule has 0 atom stereocenters. The normalized spacial score (nSPS) is 14.3. The average molecular weight is 326 g/mol. The van der Waals surface area contributed by atoms with Crippen molar-refractivity contribution < 1.29 is 14.0 Å². The molecule has 0 unspecified atom stereocenters. The Morgan fingerprint density at radius 1 is 1.17 bits per heavy atom. The third-order valence-corrected chi connectivity index (χ3v) is 3.86. The van der Waals surface area contributed by atoms with Gasteiger partial charge in [0.25, 0.3) is 0 Å². The summed E-state index contributed by atoms with van der Waals surface area (Å²) >= 11 is 0. The Balaban J connectivity index is 1.54. The lowest BCUT2D eigenvalue weighted by Crippen LogP contribution is -2.13. The molecule has 124 valence electrons. The van der Waals surface area contributed by atoms with Crippen LogP contribution in [0.25, 0.3) is 0 Å². The number of anilines is 1. The molecule has 1 saturated carbocycles. The van der Waals surface area contributed by atoms with E-state index < -0.39 is 0 Å². The molecule has 24 heavy (non-hydrogen) atoms. The van der Waals surface area contributed by atoms with E-state index in [4.69, 9.17) is 4.84 Å². The fourth-order valence-electron chi connectivity index (χ4n) is 2.22. The summed E-state index contributed by atoms with van der Waals surface area (Å²) in [6.07, 6.45) is 1.97. The lowest BCUT2D eigenvalue weighted by molar-refractivity contribution is -0.117. The van der Waals surface area contributed by atoms with Gasteiger partial charge in [-0.3, -0.25) is 4.79 Å². The van der Waals surface area contributed by atoms with Crippen LogP contribution in [0, 0.1) is 11.7 Å². The third kappa shape index (κ3) is 4.41. The number of nitrogens with zero attached hydrogens (tertiary/aromatic N) is 1. The molecular formula is C19H19FN2O2. The number of hydrogen-bond acceptors (Lipinski definition) is 3. The molecule has 4 nitrogen and oxygen atoms in total. The van der Waals surface area contributed by atoms with Gasteiger partial charge in [-0.1, -0.05) is 29.4 Å². The number of benzene rings is 2. The lowest BCUT2D eigenvalue weighted by Gasteiger charge is -2.06. The standard InChI is InChI=1S/C19H19FN2O2/c1-13(22-24-12-14-2-8-17(20)9-3-14)15-6-10-18(11-7-15)21-19(23)16-4-5-16/h2-3,6-11,16H,4-5,12H2,1H3,(H,21,23). The number of rotatable bonds is 6. The largest absolute Gasteiger partial charge is 0.391 e. The molecule has 2 aromatic rings. The molecule has 1 fully saturated rings. The van der Waals surface area contributed by atoms with Crippen molar-refractivity contribution in [3.05, 3.63) is 65.5 Å². The highest BCUT2D eigenvalue weighted by Gasteiger charge is 2.29. The number of carbonyl (C=O) groups is 1. The van der Waals surface area contributed by atoms with Crippen LogP contribution < -0.4 is 5.32 Å². The van der Waals surface area contributed by atoms with E-state index in [0.717, 1.165) is 35.4 Å². The number of carbonyl (C=O) groups excluding carboxylic acids is 1. The van der Waals surface area contributed by atoms with Gasteiger partial charge in [-0.05, 0) is 55.2 Å². The molecule has 1 amide bonds. The zero-order valence-electron chi connectivity index (χ0n) is 13.5. The molecule has 0 spiro atoms. The predicted octanol–water partition coefficient (Wildman–Crippen LogP) is 4.12. The molecule has 5 heteroatoms. The van der Waals surface area contributed by atoms with Crippen LogP contribution >= 0.6 is 0 Å². The van der Waals surface area contributed by atoms with Crippen molar-refractivity contribution in [3.63, 3.8) is 0 Å². The van der Waals surface area contributed by atoms with Gasteiger partial charge in [0.15, 0.2) is 0 Å². The average Bonchev–Trinajstić information content (AvgIpc) is 3.42. The molecule has 0 bridgehead atoms. The van der Waals surface area contributed by atoms with Gasteiger partial charge in [0.05, 0.1) is 5.71 Å². The van der Waals surface area contributed by atoms with E-state index in [1.807, 2.05) is 31.2 Å². The van der Waals surface area contributed by atoms with Crippen molar-refractivity contribution >= 4 is 17.3 Å². The van der Waals surface area contributed by atoms with Crippen LogP contribution in [-0.4, -0.2) is 11.6 Å². The highest BCUT2D eigenvalue weighted by atomic mass is 19.1.